The van der Waals surface area contributed by atoms with Gasteiger partial charge in [-0.15, -0.1) is 5.10 Å². The van der Waals surface area contributed by atoms with Crippen molar-refractivity contribution in [3.8, 4) is 17.0 Å². The molecule has 0 aliphatic carbocycles. The number of nitrogens with zero attached hydrogens (tertiary/aromatic N) is 4. The van der Waals surface area contributed by atoms with Gasteiger partial charge in [0.05, 0.1) is 11.7 Å². The first kappa shape index (κ1) is 12.1. The molecule has 3 rings (SSSR count). The van der Waals surface area contributed by atoms with E-state index in [2.05, 4.69) is 15.2 Å². The van der Waals surface area contributed by atoms with Crippen LogP contribution in [0.3, 0.4) is 0 Å². The van der Waals surface area contributed by atoms with Gasteiger partial charge in [-0.25, -0.2) is 4.98 Å². The van der Waals surface area contributed by atoms with Gasteiger partial charge in [0.25, 0.3) is 5.56 Å². The van der Waals surface area contributed by atoms with Gasteiger partial charge in [-0.1, -0.05) is 12.1 Å². The molecule has 1 aromatic carbocycles. The Morgan fingerprint density at radius 1 is 1.30 bits per heavy atom. The number of benzene rings is 1. The van der Waals surface area contributed by atoms with Crippen LogP contribution in [0.2, 0.25) is 0 Å². The van der Waals surface area contributed by atoms with Crippen LogP contribution in [0.15, 0.2) is 35.3 Å². The first-order chi connectivity index (χ1) is 9.59. The highest BCUT2D eigenvalue weighted by molar-refractivity contribution is 5.91. The predicted octanol–water partition coefficient (Wildman–Crippen LogP) is 0.678. The predicted molar refractivity (Wildman–Crippen MR) is 74.1 cm³/mol. The molecule has 7 nitrogen and oxygen atoms in total. The number of hydrogen-bond acceptors (Lipinski definition) is 6. The second-order valence-electron chi connectivity index (χ2n) is 4.30. The Morgan fingerprint density at radius 2 is 2.05 bits per heavy atom. The van der Waals surface area contributed by atoms with E-state index in [4.69, 9.17) is 5.73 Å². The van der Waals surface area contributed by atoms with Crippen LogP contribution in [0, 0.1) is 0 Å². The average molecular weight is 269 g/mol. The fourth-order valence-corrected chi connectivity index (χ4v) is 2.15. The third-order valence-electron chi connectivity index (χ3n) is 3.11. The van der Waals surface area contributed by atoms with Crippen LogP contribution in [0.4, 0.5) is 5.95 Å². The molecule has 0 aliphatic rings. The third-order valence-corrected chi connectivity index (χ3v) is 3.11. The zero-order chi connectivity index (χ0) is 14.3. The summed E-state index contributed by atoms with van der Waals surface area (Å²) in [5, 5.41) is 18.1. The zero-order valence-electron chi connectivity index (χ0n) is 10.6. The summed E-state index contributed by atoms with van der Waals surface area (Å²) in [5.74, 6) is -0.194. The summed E-state index contributed by atoms with van der Waals surface area (Å²) in [7, 11) is 1.63. The minimum Gasteiger partial charge on any atom is -0.506 e. The highest BCUT2D eigenvalue weighted by atomic mass is 16.3. The van der Waals surface area contributed by atoms with E-state index in [9.17, 15) is 9.90 Å². The number of pyridine rings is 1. The van der Waals surface area contributed by atoms with Gasteiger partial charge in [0.2, 0.25) is 5.95 Å². The van der Waals surface area contributed by atoms with Crippen molar-refractivity contribution in [2.24, 2.45) is 7.05 Å². The van der Waals surface area contributed by atoms with Crippen LogP contribution >= 0.6 is 0 Å². The summed E-state index contributed by atoms with van der Waals surface area (Å²) < 4.78 is 1.45. The largest absolute Gasteiger partial charge is 0.506 e. The van der Waals surface area contributed by atoms with E-state index >= 15 is 0 Å². The van der Waals surface area contributed by atoms with Crippen molar-refractivity contribution in [3.05, 3.63) is 40.8 Å². The third kappa shape index (κ3) is 1.68. The number of fused-ring (bicyclic) bond motifs is 1. The number of rotatable bonds is 1. The van der Waals surface area contributed by atoms with Gasteiger partial charge in [0, 0.05) is 12.4 Å². The highest BCUT2D eigenvalue weighted by Crippen LogP contribution is 2.31. The van der Waals surface area contributed by atoms with Gasteiger partial charge in [-0.2, -0.15) is 5.10 Å². The minimum atomic E-state index is -0.374. The lowest BCUT2D eigenvalue weighted by Crippen LogP contribution is -2.20. The standard InChI is InChI=1S/C13H11N5O2/c1-18-9-5-3-2-4-7(9)11(19)10(12(18)20)8-6-15-17-13(14)16-8/h2-6,19H,1H3,(H2,14,16,17). The molecule has 3 aromatic rings. The number of nitrogens with two attached hydrogens (primary N) is 1. The van der Waals surface area contributed by atoms with E-state index < -0.39 is 0 Å². The highest BCUT2D eigenvalue weighted by Gasteiger charge is 2.17. The van der Waals surface area contributed by atoms with Gasteiger partial charge in [-0.3, -0.25) is 4.79 Å². The SMILES string of the molecule is Cn1c(=O)c(-c2cnnc(N)n2)c(O)c2ccccc21. The van der Waals surface area contributed by atoms with Crippen molar-refractivity contribution in [2.75, 3.05) is 5.73 Å². The molecule has 0 saturated carbocycles. The Morgan fingerprint density at radius 3 is 2.80 bits per heavy atom. The molecule has 0 bridgehead atoms. The topological polar surface area (TPSA) is 107 Å². The van der Waals surface area contributed by atoms with Crippen LogP contribution in [0.1, 0.15) is 0 Å². The maximum Gasteiger partial charge on any atom is 0.264 e. The lowest BCUT2D eigenvalue weighted by Gasteiger charge is -2.11. The van der Waals surface area contributed by atoms with Crippen molar-refractivity contribution in [3.63, 3.8) is 0 Å². The molecular formula is C13H11N5O2. The molecule has 0 fully saturated rings. The van der Waals surface area contributed by atoms with Crippen LogP contribution in [-0.2, 0) is 7.05 Å². The van der Waals surface area contributed by atoms with Gasteiger partial charge < -0.3 is 15.4 Å². The van der Waals surface area contributed by atoms with E-state index in [-0.39, 0.29) is 28.5 Å². The molecule has 7 heteroatoms. The number of nitrogen functional groups attached to an aromatic ring is 1. The van der Waals surface area contributed by atoms with Crippen molar-refractivity contribution in [1.29, 1.82) is 0 Å². The number of para-hydroxylation sites is 1. The van der Waals surface area contributed by atoms with Crippen molar-refractivity contribution in [2.45, 2.75) is 0 Å². The van der Waals surface area contributed by atoms with E-state index in [1.54, 1.807) is 31.3 Å². The fourth-order valence-electron chi connectivity index (χ4n) is 2.15. The zero-order valence-corrected chi connectivity index (χ0v) is 10.6. The molecule has 0 amide bonds. The molecule has 3 N–H and O–H groups in total. The van der Waals surface area contributed by atoms with Gasteiger partial charge in [0.1, 0.15) is 17.0 Å². The molecule has 0 unspecified atom stereocenters. The van der Waals surface area contributed by atoms with Gasteiger partial charge in [-0.05, 0) is 12.1 Å². The molecule has 20 heavy (non-hydrogen) atoms. The maximum absolute atomic E-state index is 12.4. The summed E-state index contributed by atoms with van der Waals surface area (Å²) in [6.07, 6.45) is 1.29. The fraction of sp³-hybridized carbons (Fsp3) is 0.0769. The first-order valence-electron chi connectivity index (χ1n) is 5.86. The molecule has 0 radical (unpaired) electrons. The molecule has 0 atom stereocenters. The van der Waals surface area contributed by atoms with E-state index in [0.29, 0.717) is 10.9 Å². The smallest absolute Gasteiger partial charge is 0.264 e. The van der Waals surface area contributed by atoms with Gasteiger partial charge >= 0.3 is 0 Å². The first-order valence-corrected chi connectivity index (χ1v) is 5.86. The minimum absolute atomic E-state index is 0.0582. The van der Waals surface area contributed by atoms with Crippen molar-refractivity contribution < 1.29 is 5.11 Å². The lowest BCUT2D eigenvalue weighted by molar-refractivity contribution is 0.481. The lowest BCUT2D eigenvalue weighted by atomic mass is 10.1. The summed E-state index contributed by atoms with van der Waals surface area (Å²) in [6.45, 7) is 0. The van der Waals surface area contributed by atoms with Crippen molar-refractivity contribution >= 4 is 16.9 Å². The van der Waals surface area contributed by atoms with E-state index in [1.807, 2.05) is 0 Å². The number of aromatic nitrogens is 4. The molecule has 0 saturated heterocycles. The van der Waals surface area contributed by atoms with Gasteiger partial charge in [0.15, 0.2) is 0 Å². The quantitative estimate of drug-likeness (QED) is 0.672. The Balaban J connectivity index is 2.46. The maximum atomic E-state index is 12.4. The Kier molecular flexibility index (Phi) is 2.60. The van der Waals surface area contributed by atoms with E-state index in [1.165, 1.54) is 10.8 Å². The van der Waals surface area contributed by atoms with Crippen LogP contribution in [-0.4, -0.2) is 24.9 Å². The van der Waals surface area contributed by atoms with Crippen molar-refractivity contribution in [1.82, 2.24) is 19.7 Å². The Hall–Kier alpha value is -2.96. The summed E-state index contributed by atoms with van der Waals surface area (Å²) in [4.78, 5) is 16.3. The summed E-state index contributed by atoms with van der Waals surface area (Å²) in [5.41, 5.74) is 5.99. The summed E-state index contributed by atoms with van der Waals surface area (Å²) in [6, 6.07) is 7.06. The monoisotopic (exact) mass is 269 g/mol. The second kappa shape index (κ2) is 4.30. The van der Waals surface area contributed by atoms with Crippen LogP contribution in [0.5, 0.6) is 5.75 Å². The van der Waals surface area contributed by atoms with Crippen LogP contribution in [0.25, 0.3) is 22.2 Å². The normalized spacial score (nSPS) is 10.8. The number of aromatic hydroxyl groups is 1. The summed E-state index contributed by atoms with van der Waals surface area (Å²) >= 11 is 0. The Labute approximate surface area is 113 Å². The van der Waals surface area contributed by atoms with E-state index in [0.717, 1.165) is 0 Å². The number of hydrogen-bond donors (Lipinski definition) is 2. The molecule has 2 heterocycles. The molecule has 2 aromatic heterocycles. The Bertz CT molecular complexity index is 872. The number of anilines is 1. The molecule has 0 spiro atoms. The molecular weight excluding hydrogens is 258 g/mol. The second-order valence-corrected chi connectivity index (χ2v) is 4.30. The molecule has 0 aliphatic heterocycles. The number of aryl methyl sites for hydroxylation is 1. The van der Waals surface area contributed by atoms with Crippen LogP contribution < -0.4 is 11.3 Å². The molecule has 100 valence electrons. The average Bonchev–Trinajstić information content (AvgIpc) is 2.45.